The Morgan fingerprint density at radius 3 is 2.55 bits per heavy atom. The minimum absolute atomic E-state index is 0.0718. The van der Waals surface area contributed by atoms with Crippen molar-refractivity contribution in [2.45, 2.75) is 32.9 Å². The van der Waals surface area contributed by atoms with E-state index in [1.165, 1.54) is 6.07 Å². The van der Waals surface area contributed by atoms with Crippen molar-refractivity contribution in [2.24, 2.45) is 0 Å². The smallest absolute Gasteiger partial charge is 0.407 e. The predicted octanol–water partition coefficient (Wildman–Crippen LogP) is 5.01. The van der Waals surface area contributed by atoms with Crippen LogP contribution in [0.25, 0.3) is 11.1 Å². The van der Waals surface area contributed by atoms with Crippen LogP contribution < -0.4 is 15.6 Å². The molecule has 33 heavy (non-hydrogen) atoms. The van der Waals surface area contributed by atoms with Crippen LogP contribution in [0.2, 0.25) is 0 Å². The number of carbonyl (C=O) groups is 1. The van der Waals surface area contributed by atoms with Crippen LogP contribution >= 0.6 is 0 Å². The van der Waals surface area contributed by atoms with Crippen LogP contribution in [-0.4, -0.2) is 16.7 Å². The molecule has 0 aliphatic rings. The molecule has 0 atom stereocenters. The third-order valence-electron chi connectivity index (χ3n) is 4.27. The maximum atomic E-state index is 14.0. The van der Waals surface area contributed by atoms with Crippen LogP contribution in [0.5, 0.6) is 11.6 Å². The molecule has 0 radical (unpaired) electrons. The average molecular weight is 453 g/mol. The summed E-state index contributed by atoms with van der Waals surface area (Å²) in [5, 5.41) is 12.1. The fourth-order valence-corrected chi connectivity index (χ4v) is 2.90. The van der Waals surface area contributed by atoms with Gasteiger partial charge in [0.05, 0.1) is 11.6 Å². The monoisotopic (exact) mass is 453 g/mol. The quantitative estimate of drug-likeness (QED) is 0.565. The van der Waals surface area contributed by atoms with Crippen molar-refractivity contribution in [1.29, 1.82) is 5.26 Å². The second-order valence-electron chi connectivity index (χ2n) is 8.14. The molecular weight excluding hydrogens is 432 g/mol. The van der Waals surface area contributed by atoms with Gasteiger partial charge >= 0.3 is 6.09 Å². The van der Waals surface area contributed by atoms with Crippen molar-refractivity contribution in [3.05, 3.63) is 81.6 Å². The first-order chi connectivity index (χ1) is 15.5. The van der Waals surface area contributed by atoms with Crippen molar-refractivity contribution >= 4 is 6.09 Å². The van der Waals surface area contributed by atoms with Gasteiger partial charge in [0, 0.05) is 12.6 Å². The van der Waals surface area contributed by atoms with Crippen molar-refractivity contribution in [2.75, 3.05) is 0 Å². The van der Waals surface area contributed by atoms with Gasteiger partial charge in [0.15, 0.2) is 11.6 Å². The Labute approximate surface area is 188 Å². The number of nitrogens with zero attached hydrogens (tertiary/aromatic N) is 1. The zero-order chi connectivity index (χ0) is 24.2. The summed E-state index contributed by atoms with van der Waals surface area (Å²) in [6.45, 7) is 5.51. The summed E-state index contributed by atoms with van der Waals surface area (Å²) in [6, 6.07) is 14.1. The highest BCUT2D eigenvalue weighted by Crippen LogP contribution is 2.30. The number of ether oxygens (including phenoxy) is 2. The molecule has 0 aliphatic carbocycles. The normalized spacial score (nSPS) is 10.9. The molecule has 0 spiro atoms. The lowest BCUT2D eigenvalue weighted by atomic mass is 10.0. The summed E-state index contributed by atoms with van der Waals surface area (Å²) in [7, 11) is 0. The molecule has 2 aromatic carbocycles. The standard InChI is InChI=1S/C24H21F2N3O4/c1-24(2,3)33-23(31)28-13-14-5-4-6-16(7-14)17-8-15(12-27)9-18(10-17)32-22-20(26)11-19(25)21(30)29-22/h4-11H,13H2,1-3H3,(H,28,31)(H,29,30). The second kappa shape index (κ2) is 9.53. The molecule has 3 rings (SSSR count). The Bertz CT molecular complexity index is 1290. The number of pyridine rings is 1. The maximum Gasteiger partial charge on any atom is 0.407 e. The fourth-order valence-electron chi connectivity index (χ4n) is 2.90. The Hall–Kier alpha value is -4.19. The van der Waals surface area contributed by atoms with Crippen LogP contribution in [0.1, 0.15) is 31.9 Å². The van der Waals surface area contributed by atoms with Gasteiger partial charge in [-0.3, -0.25) is 9.78 Å². The molecule has 0 bridgehead atoms. The zero-order valence-corrected chi connectivity index (χ0v) is 18.2. The van der Waals surface area contributed by atoms with E-state index in [0.717, 1.165) is 5.56 Å². The number of nitriles is 1. The number of rotatable bonds is 5. The van der Waals surface area contributed by atoms with Gasteiger partial charge in [-0.1, -0.05) is 18.2 Å². The van der Waals surface area contributed by atoms with E-state index >= 15 is 0 Å². The van der Waals surface area contributed by atoms with Crippen LogP contribution in [-0.2, 0) is 11.3 Å². The minimum atomic E-state index is -1.27. The molecule has 0 aliphatic heterocycles. The number of benzene rings is 2. The van der Waals surface area contributed by atoms with Gasteiger partial charge in [-0.15, -0.1) is 0 Å². The largest absolute Gasteiger partial charge is 0.444 e. The third kappa shape index (κ3) is 6.40. The Morgan fingerprint density at radius 2 is 1.85 bits per heavy atom. The van der Waals surface area contributed by atoms with E-state index in [0.29, 0.717) is 17.2 Å². The summed E-state index contributed by atoms with van der Waals surface area (Å²) < 4.78 is 37.8. The van der Waals surface area contributed by atoms with Crippen molar-refractivity contribution in [1.82, 2.24) is 10.3 Å². The van der Waals surface area contributed by atoms with E-state index in [1.54, 1.807) is 51.1 Å². The second-order valence-corrected chi connectivity index (χ2v) is 8.14. The summed E-state index contributed by atoms with van der Waals surface area (Å²) in [6.07, 6.45) is -0.551. The van der Waals surface area contributed by atoms with Crippen molar-refractivity contribution in [3.63, 3.8) is 0 Å². The molecule has 0 fully saturated rings. The number of aromatic nitrogens is 1. The van der Waals surface area contributed by atoms with Crippen LogP contribution in [0.3, 0.4) is 0 Å². The molecule has 0 unspecified atom stereocenters. The van der Waals surface area contributed by atoms with Gasteiger partial charge < -0.3 is 14.8 Å². The number of hydrogen-bond donors (Lipinski definition) is 2. The van der Waals surface area contributed by atoms with Crippen molar-refractivity contribution < 1.29 is 23.0 Å². The number of amides is 1. The lowest BCUT2D eigenvalue weighted by Gasteiger charge is -2.19. The Morgan fingerprint density at radius 1 is 1.09 bits per heavy atom. The van der Waals surface area contributed by atoms with E-state index < -0.39 is 34.8 Å². The summed E-state index contributed by atoms with van der Waals surface area (Å²) in [4.78, 5) is 25.3. The summed E-state index contributed by atoms with van der Waals surface area (Å²) >= 11 is 0. The fraction of sp³-hybridized carbons (Fsp3) is 0.208. The van der Waals surface area contributed by atoms with E-state index in [4.69, 9.17) is 9.47 Å². The van der Waals surface area contributed by atoms with E-state index in [1.807, 2.05) is 17.1 Å². The van der Waals surface area contributed by atoms with Crippen molar-refractivity contribution in [3.8, 4) is 28.8 Å². The highest BCUT2D eigenvalue weighted by atomic mass is 19.1. The molecule has 1 heterocycles. The van der Waals surface area contributed by atoms with Gasteiger partial charge in [-0.05, 0) is 61.7 Å². The number of aromatic amines is 1. The van der Waals surface area contributed by atoms with Gasteiger partial charge in [0.2, 0.25) is 5.88 Å². The van der Waals surface area contributed by atoms with E-state index in [2.05, 4.69) is 5.32 Å². The minimum Gasteiger partial charge on any atom is -0.444 e. The van der Waals surface area contributed by atoms with Crippen LogP contribution in [0.4, 0.5) is 13.6 Å². The molecule has 0 saturated heterocycles. The van der Waals surface area contributed by atoms with Gasteiger partial charge in [0.25, 0.3) is 5.56 Å². The number of nitrogens with one attached hydrogen (secondary N) is 2. The van der Waals surface area contributed by atoms with Gasteiger partial charge in [-0.25, -0.2) is 13.6 Å². The molecule has 7 nitrogen and oxygen atoms in total. The predicted molar refractivity (Wildman–Crippen MR) is 117 cm³/mol. The topological polar surface area (TPSA) is 104 Å². The van der Waals surface area contributed by atoms with E-state index in [9.17, 15) is 23.6 Å². The van der Waals surface area contributed by atoms with Crippen LogP contribution in [0, 0.1) is 23.0 Å². The molecule has 170 valence electrons. The van der Waals surface area contributed by atoms with Gasteiger partial charge in [0.1, 0.15) is 11.4 Å². The number of hydrogen-bond acceptors (Lipinski definition) is 5. The zero-order valence-electron chi connectivity index (χ0n) is 18.2. The number of carbonyl (C=O) groups excluding carboxylic acids is 1. The Balaban J connectivity index is 1.86. The number of halogens is 2. The van der Waals surface area contributed by atoms with Crippen LogP contribution in [0.15, 0.2) is 53.3 Å². The molecule has 0 saturated carbocycles. The highest BCUT2D eigenvalue weighted by Gasteiger charge is 2.16. The maximum absolute atomic E-state index is 14.0. The average Bonchev–Trinajstić information content (AvgIpc) is 2.75. The molecule has 2 N–H and O–H groups in total. The van der Waals surface area contributed by atoms with Gasteiger partial charge in [-0.2, -0.15) is 5.26 Å². The SMILES string of the molecule is CC(C)(C)OC(=O)NCc1cccc(-c2cc(C#N)cc(Oc3[nH]c(=O)c(F)cc3F)c2)c1. The molecular formula is C24H21F2N3O4. The molecule has 9 heteroatoms. The van der Waals surface area contributed by atoms with E-state index in [-0.39, 0.29) is 17.9 Å². The summed E-state index contributed by atoms with van der Waals surface area (Å²) in [5.74, 6) is -2.87. The highest BCUT2D eigenvalue weighted by molar-refractivity contribution is 5.69. The third-order valence-corrected chi connectivity index (χ3v) is 4.27. The lowest BCUT2D eigenvalue weighted by molar-refractivity contribution is 0.0523. The Kier molecular flexibility index (Phi) is 6.78. The first kappa shape index (κ1) is 23.5. The molecule has 1 amide bonds. The lowest BCUT2D eigenvalue weighted by Crippen LogP contribution is -2.32. The first-order valence-corrected chi connectivity index (χ1v) is 9.91. The number of alkyl carbamates (subject to hydrolysis) is 1. The first-order valence-electron chi connectivity index (χ1n) is 9.91. The summed E-state index contributed by atoms with van der Waals surface area (Å²) in [5.41, 5.74) is 0.533. The molecule has 1 aromatic heterocycles. The number of H-pyrrole nitrogens is 1. The molecule has 3 aromatic rings.